The Morgan fingerprint density at radius 1 is 1.30 bits per heavy atom. The van der Waals surface area contributed by atoms with Crippen molar-refractivity contribution >= 4 is 23.1 Å². The number of nitrogens with zero attached hydrogens (tertiary/aromatic N) is 3. The minimum absolute atomic E-state index is 0.363. The Bertz CT molecular complexity index is 784. The van der Waals surface area contributed by atoms with Crippen molar-refractivity contribution in [3.63, 3.8) is 0 Å². The van der Waals surface area contributed by atoms with Gasteiger partial charge in [-0.3, -0.25) is 9.38 Å². The number of hydrogen-bond donors (Lipinski definition) is 0. The Morgan fingerprint density at radius 3 is 2.85 bits per heavy atom. The lowest BCUT2D eigenvalue weighted by atomic mass is 10.2. The molecule has 0 aliphatic heterocycles. The molecule has 0 aromatic carbocycles. The minimum atomic E-state index is -0.413. The number of halogens is 1. The van der Waals surface area contributed by atoms with Gasteiger partial charge in [0.15, 0.2) is 11.0 Å². The highest BCUT2D eigenvalue weighted by Crippen LogP contribution is 2.25. The molecule has 0 saturated heterocycles. The molecule has 0 spiro atoms. The summed E-state index contributed by atoms with van der Waals surface area (Å²) >= 11 is 6.12. The van der Waals surface area contributed by atoms with Crippen molar-refractivity contribution in [3.8, 4) is 11.5 Å². The van der Waals surface area contributed by atoms with E-state index < -0.39 is 5.97 Å². The fourth-order valence-corrected chi connectivity index (χ4v) is 2.20. The average Bonchev–Trinajstić information content (AvgIpc) is 2.84. The molecule has 3 aromatic rings. The number of hydrogen-bond acceptors (Lipinski definition) is 4. The van der Waals surface area contributed by atoms with E-state index in [4.69, 9.17) is 16.3 Å². The van der Waals surface area contributed by atoms with Crippen LogP contribution in [-0.4, -0.2) is 27.4 Å². The summed E-state index contributed by atoms with van der Waals surface area (Å²) in [4.78, 5) is 20.2. The quantitative estimate of drug-likeness (QED) is 0.680. The molecule has 0 amide bonds. The summed E-state index contributed by atoms with van der Waals surface area (Å²) in [5, 5.41) is 0.363. The molecule has 0 fully saturated rings. The third-order valence-electron chi connectivity index (χ3n) is 2.91. The minimum Gasteiger partial charge on any atom is -0.465 e. The normalized spacial score (nSPS) is 10.7. The fourth-order valence-electron chi connectivity index (χ4n) is 1.96. The van der Waals surface area contributed by atoms with Gasteiger partial charge < -0.3 is 4.74 Å². The van der Waals surface area contributed by atoms with E-state index in [0.717, 1.165) is 0 Å². The Labute approximate surface area is 119 Å². The number of aromatic nitrogens is 3. The van der Waals surface area contributed by atoms with E-state index in [1.807, 2.05) is 18.2 Å². The summed E-state index contributed by atoms with van der Waals surface area (Å²) < 4.78 is 6.45. The number of fused-ring (bicyclic) bond motifs is 1. The summed E-state index contributed by atoms with van der Waals surface area (Å²) in [7, 11) is 1.34. The van der Waals surface area contributed by atoms with Gasteiger partial charge in [-0.2, -0.15) is 0 Å². The second-order valence-electron chi connectivity index (χ2n) is 4.11. The van der Waals surface area contributed by atoms with Crippen molar-refractivity contribution in [2.24, 2.45) is 0 Å². The SMILES string of the molecule is COC(=O)c1ccc2c(Cl)nc(-c3ccccn3)n2c1. The summed E-state index contributed by atoms with van der Waals surface area (Å²) in [5.41, 5.74) is 1.81. The molecule has 3 aromatic heterocycles. The average molecular weight is 288 g/mol. The topological polar surface area (TPSA) is 56.5 Å². The first-order valence-electron chi connectivity index (χ1n) is 5.88. The van der Waals surface area contributed by atoms with Crippen molar-refractivity contribution < 1.29 is 9.53 Å². The van der Waals surface area contributed by atoms with Gasteiger partial charge >= 0.3 is 5.97 Å². The van der Waals surface area contributed by atoms with Crippen molar-refractivity contribution in [3.05, 3.63) is 53.4 Å². The van der Waals surface area contributed by atoms with Crippen molar-refractivity contribution in [1.82, 2.24) is 14.4 Å². The van der Waals surface area contributed by atoms with Gasteiger partial charge in [0, 0.05) is 12.4 Å². The number of ether oxygens (including phenoxy) is 1. The fraction of sp³-hybridized carbons (Fsp3) is 0.0714. The molecule has 0 atom stereocenters. The first-order chi connectivity index (χ1) is 9.70. The highest BCUT2D eigenvalue weighted by atomic mass is 35.5. The number of rotatable bonds is 2. The maximum absolute atomic E-state index is 11.6. The van der Waals surface area contributed by atoms with E-state index in [9.17, 15) is 4.79 Å². The number of esters is 1. The zero-order valence-electron chi connectivity index (χ0n) is 10.6. The molecule has 6 heteroatoms. The summed E-state index contributed by atoms with van der Waals surface area (Å²) in [5.74, 6) is 0.167. The van der Waals surface area contributed by atoms with Crippen molar-refractivity contribution in [2.45, 2.75) is 0 Å². The molecule has 0 bridgehead atoms. The first kappa shape index (κ1) is 12.6. The van der Waals surface area contributed by atoms with Crippen LogP contribution in [0.25, 0.3) is 17.0 Å². The Hall–Kier alpha value is -2.40. The molecule has 3 heterocycles. The molecule has 0 N–H and O–H groups in total. The smallest absolute Gasteiger partial charge is 0.339 e. The molecule has 0 unspecified atom stereocenters. The number of carbonyl (C=O) groups excluding carboxylic acids is 1. The molecule has 5 nitrogen and oxygen atoms in total. The Kier molecular flexibility index (Phi) is 3.12. The van der Waals surface area contributed by atoms with Crippen LogP contribution in [0.4, 0.5) is 0 Å². The molecule has 3 rings (SSSR count). The van der Waals surface area contributed by atoms with Crippen LogP contribution in [0.5, 0.6) is 0 Å². The van der Waals surface area contributed by atoms with Crippen LogP contribution < -0.4 is 0 Å². The van der Waals surface area contributed by atoms with Gasteiger partial charge in [0.1, 0.15) is 5.69 Å². The van der Waals surface area contributed by atoms with Crippen LogP contribution in [0.3, 0.4) is 0 Å². The first-order valence-corrected chi connectivity index (χ1v) is 6.26. The van der Waals surface area contributed by atoms with Gasteiger partial charge in [0.05, 0.1) is 18.2 Å². The summed E-state index contributed by atoms with van der Waals surface area (Å²) in [6, 6.07) is 8.89. The monoisotopic (exact) mass is 287 g/mol. The van der Waals surface area contributed by atoms with E-state index in [0.29, 0.717) is 27.8 Å². The standard InChI is InChI=1S/C14H10ClN3O2/c1-20-14(19)9-5-6-11-12(15)17-13(18(11)8-9)10-4-2-3-7-16-10/h2-8H,1H3. The lowest BCUT2D eigenvalue weighted by Gasteiger charge is -2.03. The maximum Gasteiger partial charge on any atom is 0.339 e. The molecule has 100 valence electrons. The van der Waals surface area contributed by atoms with Gasteiger partial charge in [-0.05, 0) is 24.3 Å². The lowest BCUT2D eigenvalue weighted by molar-refractivity contribution is 0.0600. The zero-order valence-corrected chi connectivity index (χ0v) is 11.3. The van der Waals surface area contributed by atoms with Crippen LogP contribution in [0, 0.1) is 0 Å². The van der Waals surface area contributed by atoms with Gasteiger partial charge in [-0.15, -0.1) is 0 Å². The highest BCUT2D eigenvalue weighted by Gasteiger charge is 2.14. The second kappa shape index (κ2) is 4.94. The van der Waals surface area contributed by atoms with E-state index in [1.54, 1.807) is 28.9 Å². The third-order valence-corrected chi connectivity index (χ3v) is 3.19. The van der Waals surface area contributed by atoms with E-state index in [2.05, 4.69) is 9.97 Å². The zero-order chi connectivity index (χ0) is 14.1. The number of pyridine rings is 2. The molecule has 0 aliphatic carbocycles. The number of methoxy groups -OCH3 is 1. The Balaban J connectivity index is 2.25. The molecular weight excluding hydrogens is 278 g/mol. The van der Waals surface area contributed by atoms with Crippen LogP contribution in [-0.2, 0) is 4.74 Å². The van der Waals surface area contributed by atoms with Crippen LogP contribution in [0.1, 0.15) is 10.4 Å². The lowest BCUT2D eigenvalue weighted by Crippen LogP contribution is -2.03. The summed E-state index contributed by atoms with van der Waals surface area (Å²) in [6.45, 7) is 0. The maximum atomic E-state index is 11.6. The van der Waals surface area contributed by atoms with Gasteiger partial charge in [-0.25, -0.2) is 9.78 Å². The molecule has 20 heavy (non-hydrogen) atoms. The van der Waals surface area contributed by atoms with Crippen LogP contribution in [0.15, 0.2) is 42.7 Å². The molecule has 0 radical (unpaired) electrons. The van der Waals surface area contributed by atoms with Gasteiger partial charge in [-0.1, -0.05) is 17.7 Å². The van der Waals surface area contributed by atoms with Crippen LogP contribution >= 0.6 is 11.6 Å². The predicted octanol–water partition coefficient (Wildman–Crippen LogP) is 2.84. The van der Waals surface area contributed by atoms with E-state index in [1.165, 1.54) is 7.11 Å². The second-order valence-corrected chi connectivity index (χ2v) is 4.46. The van der Waals surface area contributed by atoms with Crippen LogP contribution in [0.2, 0.25) is 5.15 Å². The summed E-state index contributed by atoms with van der Waals surface area (Å²) in [6.07, 6.45) is 3.32. The molecule has 0 aliphatic rings. The largest absolute Gasteiger partial charge is 0.465 e. The predicted molar refractivity (Wildman–Crippen MR) is 74.8 cm³/mol. The van der Waals surface area contributed by atoms with Crippen molar-refractivity contribution in [2.75, 3.05) is 7.11 Å². The Morgan fingerprint density at radius 2 is 2.15 bits per heavy atom. The number of carbonyl (C=O) groups is 1. The molecular formula is C14H10ClN3O2. The van der Waals surface area contributed by atoms with Gasteiger partial charge in [0.25, 0.3) is 0 Å². The number of imidazole rings is 1. The van der Waals surface area contributed by atoms with E-state index >= 15 is 0 Å². The van der Waals surface area contributed by atoms with E-state index in [-0.39, 0.29) is 0 Å². The third kappa shape index (κ3) is 2.02. The van der Waals surface area contributed by atoms with Gasteiger partial charge in [0.2, 0.25) is 0 Å². The highest BCUT2D eigenvalue weighted by molar-refractivity contribution is 6.32. The van der Waals surface area contributed by atoms with Crippen molar-refractivity contribution in [1.29, 1.82) is 0 Å². The molecule has 0 saturated carbocycles.